The fourth-order valence-corrected chi connectivity index (χ4v) is 2.56. The number of rotatable bonds is 4. The molecule has 2 unspecified atom stereocenters. The van der Waals surface area contributed by atoms with Crippen LogP contribution in [0.2, 0.25) is 0 Å². The number of benzene rings is 1. The van der Waals surface area contributed by atoms with E-state index in [2.05, 4.69) is 50.4 Å². The largest absolute Gasteiger partial charge is 0.371 e. The van der Waals surface area contributed by atoms with E-state index in [1.165, 1.54) is 5.69 Å². The van der Waals surface area contributed by atoms with Gasteiger partial charge in [0, 0.05) is 29.8 Å². The number of amides is 1. The Bertz CT molecular complexity index is 433. The van der Waals surface area contributed by atoms with E-state index in [0.717, 1.165) is 24.0 Å². The van der Waals surface area contributed by atoms with Gasteiger partial charge in [-0.1, -0.05) is 15.9 Å². The first-order chi connectivity index (χ1) is 9.06. The number of nitrogens with two attached hydrogens (primary N) is 1. The molecule has 0 aromatic heterocycles. The van der Waals surface area contributed by atoms with E-state index < -0.39 is 6.04 Å². The molecule has 1 aromatic rings. The molecule has 1 saturated heterocycles. The summed E-state index contributed by atoms with van der Waals surface area (Å²) in [5.74, 6) is 0.438. The van der Waals surface area contributed by atoms with Gasteiger partial charge in [-0.25, -0.2) is 0 Å². The summed E-state index contributed by atoms with van der Waals surface area (Å²) >= 11 is 3.44. The smallest absolute Gasteiger partial charge is 0.236 e. The number of nitrogens with one attached hydrogen (secondary N) is 1. The van der Waals surface area contributed by atoms with Crippen LogP contribution in [0.5, 0.6) is 0 Å². The summed E-state index contributed by atoms with van der Waals surface area (Å²) in [6.07, 6.45) is 1.11. The Morgan fingerprint density at radius 1 is 1.53 bits per heavy atom. The topological polar surface area (TPSA) is 58.4 Å². The monoisotopic (exact) mass is 325 g/mol. The Morgan fingerprint density at radius 2 is 2.21 bits per heavy atom. The highest BCUT2D eigenvalue weighted by molar-refractivity contribution is 9.10. The van der Waals surface area contributed by atoms with Crippen LogP contribution in [0.15, 0.2) is 28.7 Å². The maximum absolute atomic E-state index is 11.4. The van der Waals surface area contributed by atoms with Crippen molar-refractivity contribution in [2.24, 2.45) is 11.7 Å². The van der Waals surface area contributed by atoms with E-state index >= 15 is 0 Å². The lowest BCUT2D eigenvalue weighted by Crippen LogP contribution is -2.40. The molecule has 104 valence electrons. The van der Waals surface area contributed by atoms with Gasteiger partial charge >= 0.3 is 0 Å². The SMILES string of the molecule is CC(N)C(=O)NCC1CCN(c2ccc(Br)cc2)C1. The highest BCUT2D eigenvalue weighted by atomic mass is 79.9. The van der Waals surface area contributed by atoms with Crippen molar-refractivity contribution < 1.29 is 4.79 Å². The number of hydrogen-bond donors (Lipinski definition) is 2. The van der Waals surface area contributed by atoms with Crippen molar-refractivity contribution in [2.45, 2.75) is 19.4 Å². The molecule has 19 heavy (non-hydrogen) atoms. The maximum Gasteiger partial charge on any atom is 0.236 e. The Labute approximate surface area is 122 Å². The Morgan fingerprint density at radius 3 is 2.84 bits per heavy atom. The second-order valence-corrected chi connectivity index (χ2v) is 6.03. The number of halogens is 1. The maximum atomic E-state index is 11.4. The third-order valence-electron chi connectivity index (χ3n) is 3.46. The lowest BCUT2D eigenvalue weighted by molar-refractivity contribution is -0.122. The van der Waals surface area contributed by atoms with E-state index in [0.29, 0.717) is 12.5 Å². The number of nitrogens with zero attached hydrogens (tertiary/aromatic N) is 1. The van der Waals surface area contributed by atoms with Crippen molar-refractivity contribution in [3.8, 4) is 0 Å². The van der Waals surface area contributed by atoms with E-state index in [-0.39, 0.29) is 5.91 Å². The molecule has 1 aliphatic rings. The molecule has 1 heterocycles. The summed E-state index contributed by atoms with van der Waals surface area (Å²) in [5, 5.41) is 2.91. The molecular weight excluding hydrogens is 306 g/mol. The summed E-state index contributed by atoms with van der Waals surface area (Å²) in [4.78, 5) is 13.8. The third-order valence-corrected chi connectivity index (χ3v) is 3.98. The first kappa shape index (κ1) is 14.3. The van der Waals surface area contributed by atoms with E-state index in [4.69, 9.17) is 5.73 Å². The van der Waals surface area contributed by atoms with Crippen LogP contribution >= 0.6 is 15.9 Å². The van der Waals surface area contributed by atoms with E-state index in [9.17, 15) is 4.79 Å². The molecule has 1 aliphatic heterocycles. The second kappa shape index (κ2) is 6.39. The molecule has 0 bridgehead atoms. The standard InChI is InChI=1S/C14H20BrN3O/c1-10(16)14(19)17-8-11-6-7-18(9-11)13-4-2-12(15)3-5-13/h2-5,10-11H,6-9,16H2,1H3,(H,17,19). The second-order valence-electron chi connectivity index (χ2n) is 5.11. The zero-order valence-electron chi connectivity index (χ0n) is 11.1. The number of anilines is 1. The molecule has 3 N–H and O–H groups in total. The molecule has 2 rings (SSSR count). The van der Waals surface area contributed by atoms with Crippen LogP contribution in [-0.2, 0) is 4.79 Å². The van der Waals surface area contributed by atoms with Crippen LogP contribution in [0.25, 0.3) is 0 Å². The zero-order valence-corrected chi connectivity index (χ0v) is 12.7. The lowest BCUT2D eigenvalue weighted by atomic mass is 10.1. The van der Waals surface area contributed by atoms with Gasteiger partial charge in [-0.2, -0.15) is 0 Å². The Hall–Kier alpha value is -1.07. The Balaban J connectivity index is 1.83. The first-order valence-electron chi connectivity index (χ1n) is 6.60. The number of carbonyl (C=O) groups is 1. The highest BCUT2D eigenvalue weighted by Crippen LogP contribution is 2.24. The van der Waals surface area contributed by atoms with E-state index in [1.807, 2.05) is 0 Å². The van der Waals surface area contributed by atoms with Gasteiger partial charge in [0.25, 0.3) is 0 Å². The van der Waals surface area contributed by atoms with Crippen LogP contribution in [0, 0.1) is 5.92 Å². The van der Waals surface area contributed by atoms with Crippen molar-refractivity contribution in [3.05, 3.63) is 28.7 Å². The molecule has 0 saturated carbocycles. The van der Waals surface area contributed by atoms with E-state index in [1.54, 1.807) is 6.92 Å². The highest BCUT2D eigenvalue weighted by Gasteiger charge is 2.23. The molecule has 1 aromatic carbocycles. The van der Waals surface area contributed by atoms with Gasteiger partial charge in [0.15, 0.2) is 0 Å². The van der Waals surface area contributed by atoms with Crippen molar-refractivity contribution in [1.29, 1.82) is 0 Å². The molecule has 4 nitrogen and oxygen atoms in total. The molecule has 1 amide bonds. The third kappa shape index (κ3) is 3.94. The van der Waals surface area contributed by atoms with Gasteiger partial charge in [0.2, 0.25) is 5.91 Å². The fourth-order valence-electron chi connectivity index (χ4n) is 2.29. The predicted molar refractivity (Wildman–Crippen MR) is 81.1 cm³/mol. The van der Waals surface area contributed by atoms with Gasteiger partial charge in [0.1, 0.15) is 0 Å². The number of hydrogen-bond acceptors (Lipinski definition) is 3. The summed E-state index contributed by atoms with van der Waals surface area (Å²) in [6, 6.07) is 7.92. The molecule has 5 heteroatoms. The number of carbonyl (C=O) groups excluding carboxylic acids is 1. The minimum Gasteiger partial charge on any atom is -0.371 e. The van der Waals surface area contributed by atoms with Gasteiger partial charge in [0.05, 0.1) is 6.04 Å². The molecule has 2 atom stereocenters. The predicted octanol–water partition coefficient (Wildman–Crippen LogP) is 1.74. The zero-order chi connectivity index (χ0) is 13.8. The summed E-state index contributed by atoms with van der Waals surface area (Å²) in [6.45, 7) is 4.45. The molecule has 1 fully saturated rings. The van der Waals surface area contributed by atoms with Crippen molar-refractivity contribution in [1.82, 2.24) is 5.32 Å². The van der Waals surface area contributed by atoms with Gasteiger partial charge in [-0.05, 0) is 43.5 Å². The van der Waals surface area contributed by atoms with Crippen molar-refractivity contribution >= 4 is 27.5 Å². The van der Waals surface area contributed by atoms with Crippen LogP contribution in [0.4, 0.5) is 5.69 Å². The molecule has 0 radical (unpaired) electrons. The first-order valence-corrected chi connectivity index (χ1v) is 7.39. The van der Waals surface area contributed by atoms with Crippen LogP contribution < -0.4 is 16.0 Å². The summed E-state index contributed by atoms with van der Waals surface area (Å²) in [5.41, 5.74) is 6.77. The van der Waals surface area contributed by atoms with Crippen LogP contribution in [0.1, 0.15) is 13.3 Å². The average molecular weight is 326 g/mol. The summed E-state index contributed by atoms with van der Waals surface area (Å²) < 4.78 is 1.09. The fraction of sp³-hybridized carbons (Fsp3) is 0.500. The van der Waals surface area contributed by atoms with Crippen LogP contribution in [0.3, 0.4) is 0 Å². The van der Waals surface area contributed by atoms with Gasteiger partial charge < -0.3 is 16.0 Å². The van der Waals surface area contributed by atoms with Gasteiger partial charge in [-0.3, -0.25) is 4.79 Å². The Kier molecular flexibility index (Phi) is 4.82. The van der Waals surface area contributed by atoms with Crippen molar-refractivity contribution in [2.75, 3.05) is 24.5 Å². The summed E-state index contributed by atoms with van der Waals surface area (Å²) in [7, 11) is 0. The lowest BCUT2D eigenvalue weighted by Gasteiger charge is -2.19. The van der Waals surface area contributed by atoms with Crippen LogP contribution in [-0.4, -0.2) is 31.6 Å². The molecule has 0 aliphatic carbocycles. The normalized spacial score (nSPS) is 20.4. The quantitative estimate of drug-likeness (QED) is 0.886. The van der Waals surface area contributed by atoms with Gasteiger partial charge in [-0.15, -0.1) is 0 Å². The minimum absolute atomic E-state index is 0.0675. The minimum atomic E-state index is -0.427. The molecular formula is C14H20BrN3O. The van der Waals surface area contributed by atoms with Crippen molar-refractivity contribution in [3.63, 3.8) is 0 Å². The average Bonchev–Trinajstić information content (AvgIpc) is 2.85. The molecule has 0 spiro atoms.